The van der Waals surface area contributed by atoms with Crippen LogP contribution in [-0.2, 0) is 0 Å². The van der Waals surface area contributed by atoms with Gasteiger partial charge in [-0.2, -0.15) is 26.3 Å². The van der Waals surface area contributed by atoms with Gasteiger partial charge in [0.1, 0.15) is 11.5 Å². The first kappa shape index (κ1) is 19.8. The highest BCUT2D eigenvalue weighted by Gasteiger charge is 2.36. The van der Waals surface area contributed by atoms with Gasteiger partial charge < -0.3 is 5.43 Å². The van der Waals surface area contributed by atoms with E-state index < -0.39 is 35.4 Å². The summed E-state index contributed by atoms with van der Waals surface area (Å²) in [5, 5.41) is -0.356. The highest BCUT2D eigenvalue weighted by atomic mass is 35.5. The third-order valence-corrected chi connectivity index (χ3v) is 3.68. The lowest BCUT2D eigenvalue weighted by molar-refractivity contribution is -0.105. The quantitative estimate of drug-likeness (QED) is 0.265. The van der Waals surface area contributed by atoms with Gasteiger partial charge in [-0.25, -0.2) is 14.8 Å². The third kappa shape index (κ3) is 6.43. The molecule has 0 radical (unpaired) electrons. The molecule has 2 N–H and O–H groups in total. The van der Waals surface area contributed by atoms with Crippen molar-refractivity contribution in [2.75, 3.05) is 12.8 Å². The van der Waals surface area contributed by atoms with Crippen LogP contribution in [0.2, 0.25) is 5.02 Å². The van der Waals surface area contributed by atoms with Crippen molar-refractivity contribution in [1.82, 2.24) is 10.9 Å². The number of thioether (sulfide) groups is 1. The first-order valence-electron chi connectivity index (χ1n) is 5.71. The Morgan fingerprint density at radius 1 is 1.22 bits per heavy atom. The van der Waals surface area contributed by atoms with Gasteiger partial charge in [-0.15, -0.1) is 11.8 Å². The maximum Gasteiger partial charge on any atom is 0.450 e. The molecular weight excluding hydrogens is 375 g/mol. The second-order valence-electron chi connectivity index (χ2n) is 3.97. The minimum Gasteiger partial charge on any atom is -0.302 e. The predicted octanol–water partition coefficient (Wildman–Crippen LogP) is 4.45. The van der Waals surface area contributed by atoms with Crippen LogP contribution in [0.3, 0.4) is 0 Å². The molecule has 0 fully saturated rings. The summed E-state index contributed by atoms with van der Waals surface area (Å²) in [7, 11) is 1.13. The zero-order valence-corrected chi connectivity index (χ0v) is 12.8. The lowest BCUT2D eigenvalue weighted by atomic mass is 10.3. The maximum absolute atomic E-state index is 13.7. The molecule has 0 aliphatic heterocycles. The Morgan fingerprint density at radius 2 is 1.83 bits per heavy atom. The molecule has 0 aromatic heterocycles. The van der Waals surface area contributed by atoms with E-state index >= 15 is 0 Å². The smallest absolute Gasteiger partial charge is 0.302 e. The zero-order valence-electron chi connectivity index (χ0n) is 11.2. The topological polar surface area (TPSA) is 36.4 Å². The summed E-state index contributed by atoms with van der Waals surface area (Å²) in [6.07, 6.45) is -9.44. The van der Waals surface area contributed by atoms with Gasteiger partial charge in [0.15, 0.2) is 0 Å². The molecule has 1 aromatic carbocycles. The van der Waals surface area contributed by atoms with Crippen LogP contribution in [0.15, 0.2) is 22.0 Å². The molecule has 23 heavy (non-hydrogen) atoms. The summed E-state index contributed by atoms with van der Waals surface area (Å²) in [5.41, 5.74) is 2.86. The van der Waals surface area contributed by atoms with Crippen molar-refractivity contribution >= 4 is 34.9 Å². The molecule has 0 saturated carbocycles. The average molecular weight is 384 g/mol. The lowest BCUT2D eigenvalue weighted by Gasteiger charge is -2.13. The van der Waals surface area contributed by atoms with E-state index in [9.17, 15) is 30.7 Å². The molecule has 3 nitrogen and oxygen atoms in total. The SMILES string of the molecule is CNNC(=Nc1cc(SCC(F)(F)F)c(Cl)cc1F)C(F)(F)F. The van der Waals surface area contributed by atoms with Crippen molar-refractivity contribution in [3.63, 3.8) is 0 Å². The fraction of sp³-hybridized carbons (Fsp3) is 0.364. The van der Waals surface area contributed by atoms with E-state index in [2.05, 4.69) is 4.99 Å². The fourth-order valence-corrected chi connectivity index (χ4v) is 2.30. The number of nitrogens with zero attached hydrogens (tertiary/aromatic N) is 1. The van der Waals surface area contributed by atoms with Gasteiger partial charge in [-0.3, -0.25) is 0 Å². The van der Waals surface area contributed by atoms with Crippen molar-refractivity contribution in [2.24, 2.45) is 4.99 Å². The molecule has 0 spiro atoms. The summed E-state index contributed by atoms with van der Waals surface area (Å²) in [6.45, 7) is 0. The standard InChI is InChI=1S/C11H9ClF7N3S/c1-20-22-9(11(17,18)19)21-7-3-8(5(12)2-6(7)13)23-4-10(14,15)16/h2-3,20H,4H2,1H3,(H,21,22). The first-order valence-corrected chi connectivity index (χ1v) is 7.07. The Morgan fingerprint density at radius 3 is 2.30 bits per heavy atom. The Balaban J connectivity index is 3.20. The molecule has 0 atom stereocenters. The third-order valence-electron chi connectivity index (χ3n) is 2.14. The molecule has 0 bridgehead atoms. The molecule has 0 aliphatic rings. The average Bonchev–Trinajstić information content (AvgIpc) is 2.37. The number of alkyl halides is 6. The van der Waals surface area contributed by atoms with Gasteiger partial charge in [0.2, 0.25) is 5.84 Å². The molecule has 0 unspecified atom stereocenters. The van der Waals surface area contributed by atoms with Crippen molar-refractivity contribution in [3.05, 3.63) is 23.0 Å². The molecule has 0 heterocycles. The highest BCUT2D eigenvalue weighted by Crippen LogP contribution is 2.36. The van der Waals surface area contributed by atoms with Crippen molar-refractivity contribution < 1.29 is 30.7 Å². The van der Waals surface area contributed by atoms with Crippen molar-refractivity contribution in [3.8, 4) is 0 Å². The summed E-state index contributed by atoms with van der Waals surface area (Å²) in [4.78, 5) is 2.81. The number of benzene rings is 1. The summed E-state index contributed by atoms with van der Waals surface area (Å²) in [6, 6.07) is 1.32. The van der Waals surface area contributed by atoms with Crippen LogP contribution in [-0.4, -0.2) is 31.0 Å². The van der Waals surface area contributed by atoms with Gasteiger partial charge in [0, 0.05) is 11.9 Å². The first-order chi connectivity index (χ1) is 10.4. The number of halogens is 8. The number of hydrogen-bond acceptors (Lipinski definition) is 3. The Bertz CT molecular complexity index is 586. The van der Waals surface area contributed by atoms with E-state index in [4.69, 9.17) is 11.6 Å². The summed E-state index contributed by atoms with van der Waals surface area (Å²) < 4.78 is 88.2. The molecule has 1 aromatic rings. The number of aliphatic imine (C=N–C) groups is 1. The van der Waals surface area contributed by atoms with Crippen LogP contribution in [0.5, 0.6) is 0 Å². The van der Waals surface area contributed by atoms with Gasteiger partial charge in [-0.05, 0) is 12.1 Å². The Labute approximate surface area is 135 Å². The van der Waals surface area contributed by atoms with E-state index in [1.54, 1.807) is 5.43 Å². The minimum atomic E-state index is -4.92. The van der Waals surface area contributed by atoms with Gasteiger partial charge in [0.05, 0.1) is 10.8 Å². The number of nitrogens with one attached hydrogen (secondary N) is 2. The minimum absolute atomic E-state index is 0.215. The Kier molecular flexibility index (Phi) is 6.54. The van der Waals surface area contributed by atoms with E-state index in [-0.39, 0.29) is 21.7 Å². The number of rotatable bonds is 4. The van der Waals surface area contributed by atoms with Gasteiger partial charge >= 0.3 is 12.4 Å². The number of hydrogen-bond donors (Lipinski definition) is 2. The molecule has 130 valence electrons. The van der Waals surface area contributed by atoms with E-state index in [1.165, 1.54) is 0 Å². The summed E-state index contributed by atoms with van der Waals surface area (Å²) in [5.74, 6) is -4.10. The van der Waals surface area contributed by atoms with Gasteiger partial charge in [-0.1, -0.05) is 11.6 Å². The zero-order chi connectivity index (χ0) is 17.8. The van der Waals surface area contributed by atoms with Crippen LogP contribution in [0.4, 0.5) is 36.4 Å². The molecule has 12 heteroatoms. The van der Waals surface area contributed by atoms with Crippen LogP contribution in [0.1, 0.15) is 0 Å². The second-order valence-corrected chi connectivity index (χ2v) is 5.40. The van der Waals surface area contributed by atoms with Gasteiger partial charge in [0.25, 0.3) is 0 Å². The largest absolute Gasteiger partial charge is 0.450 e. The maximum atomic E-state index is 13.7. The number of amidine groups is 1. The van der Waals surface area contributed by atoms with Crippen LogP contribution < -0.4 is 10.9 Å². The van der Waals surface area contributed by atoms with E-state index in [0.29, 0.717) is 6.07 Å². The second kappa shape index (κ2) is 7.58. The molecular formula is C11H9ClF7N3S. The number of hydrazine groups is 1. The monoisotopic (exact) mass is 383 g/mol. The molecule has 1 rings (SSSR count). The van der Waals surface area contributed by atoms with E-state index in [0.717, 1.165) is 13.1 Å². The predicted molar refractivity (Wildman–Crippen MR) is 73.5 cm³/mol. The lowest BCUT2D eigenvalue weighted by Crippen LogP contribution is -2.43. The van der Waals surface area contributed by atoms with Crippen LogP contribution in [0.25, 0.3) is 0 Å². The Hall–Kier alpha value is -1.20. The van der Waals surface area contributed by atoms with Crippen LogP contribution in [0, 0.1) is 5.82 Å². The van der Waals surface area contributed by atoms with Crippen molar-refractivity contribution in [1.29, 1.82) is 0 Å². The normalized spacial score (nSPS) is 13.3. The highest BCUT2D eigenvalue weighted by molar-refractivity contribution is 7.99. The fourth-order valence-electron chi connectivity index (χ4n) is 1.28. The van der Waals surface area contributed by atoms with E-state index in [1.807, 2.05) is 5.43 Å². The molecule has 0 amide bonds. The molecule has 0 saturated heterocycles. The van der Waals surface area contributed by atoms with Crippen LogP contribution >= 0.6 is 23.4 Å². The summed E-state index contributed by atoms with van der Waals surface area (Å²) >= 11 is 5.81. The molecule has 0 aliphatic carbocycles. The van der Waals surface area contributed by atoms with Crippen molar-refractivity contribution in [2.45, 2.75) is 17.2 Å².